The number of methoxy groups -OCH3 is 3. The molecule has 7 heteroatoms. The lowest BCUT2D eigenvalue weighted by molar-refractivity contribution is -0.147. The fourth-order valence-electron chi connectivity index (χ4n) is 1.65. The van der Waals surface area contributed by atoms with Crippen molar-refractivity contribution in [2.75, 3.05) is 21.3 Å². The van der Waals surface area contributed by atoms with E-state index in [1.165, 1.54) is 33.5 Å². The Morgan fingerprint density at radius 3 is 2.16 bits per heavy atom. The third-order valence-corrected chi connectivity index (χ3v) is 2.57. The summed E-state index contributed by atoms with van der Waals surface area (Å²) in [6.07, 6.45) is -4.33. The summed E-state index contributed by atoms with van der Waals surface area (Å²) in [5.74, 6) is -1.26. The van der Waals surface area contributed by atoms with Crippen LogP contribution in [0.5, 0.6) is 17.2 Å². The van der Waals surface area contributed by atoms with Crippen LogP contribution in [-0.2, 0) is 4.79 Å². The summed E-state index contributed by atoms with van der Waals surface area (Å²) in [5.41, 5.74) is -0.0324. The van der Waals surface area contributed by atoms with Crippen molar-refractivity contribution in [1.82, 2.24) is 0 Å². The van der Waals surface area contributed by atoms with Gasteiger partial charge in [-0.3, -0.25) is 0 Å². The van der Waals surface area contributed by atoms with E-state index in [-0.39, 0.29) is 17.1 Å². The summed E-state index contributed by atoms with van der Waals surface area (Å²) < 4.78 is 28.5. The average molecular weight is 274 g/mol. The van der Waals surface area contributed by atoms with Gasteiger partial charge in [0, 0.05) is 5.56 Å². The smallest absolute Gasteiger partial charge is 0.341 e. The Morgan fingerprint density at radius 1 is 1.16 bits per heavy atom. The normalized spacial score (nSPS) is 13.5. The highest BCUT2D eigenvalue weighted by Crippen LogP contribution is 2.42. The summed E-state index contributed by atoms with van der Waals surface area (Å²) in [4.78, 5) is 10.6. The molecule has 6 nitrogen and oxygen atoms in total. The monoisotopic (exact) mass is 274 g/mol. The van der Waals surface area contributed by atoms with E-state index in [9.17, 15) is 14.3 Å². The van der Waals surface area contributed by atoms with Crippen LogP contribution in [0, 0.1) is 0 Å². The van der Waals surface area contributed by atoms with Gasteiger partial charge in [0.25, 0.3) is 0 Å². The van der Waals surface area contributed by atoms with Crippen LogP contribution in [0.1, 0.15) is 11.7 Å². The van der Waals surface area contributed by atoms with Crippen molar-refractivity contribution in [2.45, 2.75) is 12.3 Å². The lowest BCUT2D eigenvalue weighted by Crippen LogP contribution is -2.23. The Kier molecular flexibility index (Phi) is 4.94. The third kappa shape index (κ3) is 2.87. The quantitative estimate of drug-likeness (QED) is 0.810. The van der Waals surface area contributed by atoms with Crippen molar-refractivity contribution in [2.24, 2.45) is 0 Å². The van der Waals surface area contributed by atoms with Crippen LogP contribution < -0.4 is 14.2 Å². The molecule has 2 unspecified atom stereocenters. The minimum absolute atomic E-state index is 0.0262. The molecule has 106 valence electrons. The summed E-state index contributed by atoms with van der Waals surface area (Å²) in [6.45, 7) is 0. The summed E-state index contributed by atoms with van der Waals surface area (Å²) in [6, 6.07) is 2.74. The lowest BCUT2D eigenvalue weighted by Gasteiger charge is -2.19. The number of aliphatic carboxylic acids is 1. The van der Waals surface area contributed by atoms with E-state index in [1.54, 1.807) is 0 Å². The molecular weight excluding hydrogens is 259 g/mol. The van der Waals surface area contributed by atoms with E-state index >= 15 is 0 Å². The van der Waals surface area contributed by atoms with Crippen LogP contribution >= 0.6 is 0 Å². The minimum Gasteiger partial charge on any atom is -0.493 e. The molecule has 1 aromatic rings. The standard InChI is InChI=1S/C12H15FO6/c1-17-7-5-4-6(9(14)8(13)12(15)16)10(18-2)11(7)19-3/h4-5,8-9,14H,1-3H3,(H,15,16). The van der Waals surface area contributed by atoms with Crippen molar-refractivity contribution in [1.29, 1.82) is 0 Å². The van der Waals surface area contributed by atoms with Crippen molar-refractivity contribution in [3.8, 4) is 17.2 Å². The molecule has 0 bridgehead atoms. The summed E-state index contributed by atoms with van der Waals surface area (Å²) in [7, 11) is 4.05. The Labute approximate surface area is 109 Å². The molecule has 0 aliphatic heterocycles. The Morgan fingerprint density at radius 2 is 1.74 bits per heavy atom. The van der Waals surface area contributed by atoms with Gasteiger partial charge < -0.3 is 24.4 Å². The van der Waals surface area contributed by atoms with Crippen LogP contribution in [0.4, 0.5) is 4.39 Å². The van der Waals surface area contributed by atoms with Gasteiger partial charge in [-0.25, -0.2) is 9.18 Å². The van der Waals surface area contributed by atoms with Crippen molar-refractivity contribution in [3.63, 3.8) is 0 Å². The second-order valence-corrected chi connectivity index (χ2v) is 3.61. The SMILES string of the molecule is COc1ccc(C(O)C(F)C(=O)O)c(OC)c1OC. The van der Waals surface area contributed by atoms with Crippen molar-refractivity contribution < 1.29 is 33.6 Å². The number of rotatable bonds is 6. The summed E-state index contributed by atoms with van der Waals surface area (Å²) >= 11 is 0. The molecular formula is C12H15FO6. The van der Waals surface area contributed by atoms with Crippen LogP contribution in [0.3, 0.4) is 0 Å². The number of carboxylic acids is 1. The highest BCUT2D eigenvalue weighted by molar-refractivity contribution is 5.73. The first-order valence-electron chi connectivity index (χ1n) is 5.31. The number of ether oxygens (including phenoxy) is 3. The molecule has 0 amide bonds. The van der Waals surface area contributed by atoms with Gasteiger partial charge in [-0.2, -0.15) is 0 Å². The fourth-order valence-corrected chi connectivity index (χ4v) is 1.65. The van der Waals surface area contributed by atoms with Gasteiger partial charge in [0.15, 0.2) is 11.5 Å². The maximum Gasteiger partial charge on any atom is 0.341 e. The van der Waals surface area contributed by atoms with Gasteiger partial charge in [-0.05, 0) is 12.1 Å². The first-order valence-corrected chi connectivity index (χ1v) is 5.31. The number of hydrogen-bond donors (Lipinski definition) is 2. The Hall–Kier alpha value is -2.02. The number of hydrogen-bond acceptors (Lipinski definition) is 5. The van der Waals surface area contributed by atoms with Crippen LogP contribution in [0.15, 0.2) is 12.1 Å². The molecule has 2 N–H and O–H groups in total. The molecule has 0 saturated carbocycles. The molecule has 1 aromatic carbocycles. The van der Waals surface area contributed by atoms with E-state index in [4.69, 9.17) is 19.3 Å². The molecule has 1 rings (SSSR count). The number of aliphatic hydroxyl groups is 1. The van der Waals surface area contributed by atoms with Crippen molar-refractivity contribution >= 4 is 5.97 Å². The largest absolute Gasteiger partial charge is 0.493 e. The molecule has 0 saturated heterocycles. The first kappa shape index (κ1) is 15.0. The topological polar surface area (TPSA) is 85.2 Å². The molecule has 0 aliphatic carbocycles. The minimum atomic E-state index is -2.47. The fraction of sp³-hybridized carbons (Fsp3) is 0.417. The number of carbonyl (C=O) groups is 1. The first-order chi connectivity index (χ1) is 8.97. The molecule has 19 heavy (non-hydrogen) atoms. The second-order valence-electron chi connectivity index (χ2n) is 3.61. The van der Waals surface area contributed by atoms with E-state index in [2.05, 4.69) is 0 Å². The molecule has 2 atom stereocenters. The van der Waals surface area contributed by atoms with Crippen LogP contribution in [0.25, 0.3) is 0 Å². The molecule has 0 aromatic heterocycles. The molecule has 0 spiro atoms. The van der Waals surface area contributed by atoms with Gasteiger partial charge >= 0.3 is 5.97 Å². The maximum absolute atomic E-state index is 13.4. The van der Waals surface area contributed by atoms with E-state index < -0.39 is 18.2 Å². The van der Waals surface area contributed by atoms with Crippen LogP contribution in [-0.4, -0.2) is 43.7 Å². The van der Waals surface area contributed by atoms with Gasteiger partial charge in [0.2, 0.25) is 11.9 Å². The molecule has 0 aliphatic rings. The van der Waals surface area contributed by atoms with Gasteiger partial charge in [0.1, 0.15) is 6.10 Å². The lowest BCUT2D eigenvalue weighted by atomic mass is 10.0. The van der Waals surface area contributed by atoms with Crippen molar-refractivity contribution in [3.05, 3.63) is 17.7 Å². The zero-order chi connectivity index (χ0) is 14.6. The molecule has 0 heterocycles. The highest BCUT2D eigenvalue weighted by Gasteiger charge is 2.31. The molecule has 0 fully saturated rings. The number of carboxylic acid groups (broad SMARTS) is 1. The highest BCUT2D eigenvalue weighted by atomic mass is 19.1. The predicted octanol–water partition coefficient (Wildman–Crippen LogP) is 1.17. The van der Waals surface area contributed by atoms with E-state index in [0.717, 1.165) is 0 Å². The number of aliphatic hydroxyl groups excluding tert-OH is 1. The number of halogens is 1. The maximum atomic E-state index is 13.4. The van der Waals surface area contributed by atoms with E-state index in [0.29, 0.717) is 5.75 Å². The Bertz CT molecular complexity index is 462. The molecule has 0 radical (unpaired) electrons. The predicted molar refractivity (Wildman–Crippen MR) is 63.6 cm³/mol. The Balaban J connectivity index is 3.32. The zero-order valence-corrected chi connectivity index (χ0v) is 10.7. The van der Waals surface area contributed by atoms with Crippen LogP contribution in [0.2, 0.25) is 0 Å². The van der Waals surface area contributed by atoms with E-state index in [1.807, 2.05) is 0 Å². The zero-order valence-electron chi connectivity index (χ0n) is 10.7. The summed E-state index contributed by atoms with van der Waals surface area (Å²) in [5, 5.41) is 18.3. The van der Waals surface area contributed by atoms with Gasteiger partial charge in [-0.15, -0.1) is 0 Å². The number of benzene rings is 1. The van der Waals surface area contributed by atoms with Gasteiger partial charge in [0.05, 0.1) is 21.3 Å². The third-order valence-electron chi connectivity index (χ3n) is 2.57. The second kappa shape index (κ2) is 6.24. The van der Waals surface area contributed by atoms with Gasteiger partial charge in [-0.1, -0.05) is 0 Å². The number of alkyl halides is 1. The average Bonchev–Trinajstić information content (AvgIpc) is 2.43.